The predicted octanol–water partition coefficient (Wildman–Crippen LogP) is 1.24. The summed E-state index contributed by atoms with van der Waals surface area (Å²) in [7, 11) is 0. The van der Waals surface area contributed by atoms with Crippen LogP contribution in [0.5, 0.6) is 0 Å². The Bertz CT molecular complexity index is 684. The van der Waals surface area contributed by atoms with Gasteiger partial charge in [0.15, 0.2) is 0 Å². The van der Waals surface area contributed by atoms with E-state index in [0.717, 1.165) is 11.1 Å². The first-order chi connectivity index (χ1) is 14.2. The van der Waals surface area contributed by atoms with E-state index in [9.17, 15) is 4.79 Å². The van der Waals surface area contributed by atoms with Gasteiger partial charge in [-0.05, 0) is 11.1 Å². The zero-order chi connectivity index (χ0) is 20.7. The number of hydrogen-bond donors (Lipinski definition) is 3. The van der Waals surface area contributed by atoms with Crippen molar-refractivity contribution >= 4 is 5.91 Å². The monoisotopic (exact) mass is 402 g/mol. The Hall–Kier alpha value is -2.29. The lowest BCUT2D eigenvalue weighted by atomic mass is 10.2. The van der Waals surface area contributed by atoms with Crippen LogP contribution in [0.3, 0.4) is 0 Å². The third-order valence-corrected chi connectivity index (χ3v) is 4.03. The number of rotatable bonds is 9. The summed E-state index contributed by atoms with van der Waals surface area (Å²) in [6.45, 7) is 2.65. The summed E-state index contributed by atoms with van der Waals surface area (Å²) in [6, 6.07) is 19.5. The van der Waals surface area contributed by atoms with Gasteiger partial charge in [0, 0.05) is 0 Å². The average molecular weight is 402 g/mol. The lowest BCUT2D eigenvalue weighted by Crippen LogP contribution is -2.47. The largest absolute Gasteiger partial charge is 0.395 e. The molecule has 1 saturated heterocycles. The van der Waals surface area contributed by atoms with Crippen molar-refractivity contribution in [3.63, 3.8) is 0 Å². The van der Waals surface area contributed by atoms with Crippen LogP contribution in [-0.2, 0) is 32.2 Å². The number of aliphatic hydroxyl groups is 1. The quantitative estimate of drug-likeness (QED) is 0.583. The fourth-order valence-corrected chi connectivity index (χ4v) is 2.54. The second-order valence-electron chi connectivity index (χ2n) is 6.72. The number of ether oxygens (including phenoxy) is 3. The standard InChI is InChI=1S/C12H15NO3.C10H15NO2/c14-12-9-16-8-11(13-12)7-15-6-10-4-2-1-3-5-10;11-10(6-12)8-13-7-9-4-2-1-3-5-9/h1-5,11H,6-9H2,(H,13,14);1-5,10,12H,6-8,11H2/t11-;10-/m01/s1. The SMILES string of the molecule is N[C@H](CO)COCc1ccccc1.O=C1COC[C@H](COCc2ccccc2)N1. The van der Waals surface area contributed by atoms with E-state index in [1.54, 1.807) is 0 Å². The number of nitrogens with one attached hydrogen (secondary N) is 1. The van der Waals surface area contributed by atoms with Crippen molar-refractivity contribution in [1.29, 1.82) is 0 Å². The highest BCUT2D eigenvalue weighted by molar-refractivity contribution is 5.78. The lowest BCUT2D eigenvalue weighted by molar-refractivity contribution is -0.132. The minimum Gasteiger partial charge on any atom is -0.395 e. The van der Waals surface area contributed by atoms with E-state index < -0.39 is 0 Å². The number of carbonyl (C=O) groups excluding carboxylic acids is 1. The molecule has 2 aromatic carbocycles. The minimum absolute atomic E-state index is 0.0232. The van der Waals surface area contributed by atoms with Gasteiger partial charge < -0.3 is 30.4 Å². The molecule has 2 atom stereocenters. The van der Waals surface area contributed by atoms with E-state index in [0.29, 0.717) is 33.0 Å². The number of aliphatic hydroxyl groups excluding tert-OH is 1. The van der Waals surface area contributed by atoms with Crippen molar-refractivity contribution in [1.82, 2.24) is 5.32 Å². The molecule has 3 rings (SSSR count). The van der Waals surface area contributed by atoms with Crippen molar-refractivity contribution in [2.75, 3.05) is 33.0 Å². The summed E-state index contributed by atoms with van der Waals surface area (Å²) in [4.78, 5) is 11.0. The normalized spacial score (nSPS) is 17.0. The van der Waals surface area contributed by atoms with E-state index >= 15 is 0 Å². The Labute approximate surface area is 171 Å². The molecule has 1 aliphatic rings. The van der Waals surface area contributed by atoms with Crippen molar-refractivity contribution < 1.29 is 24.1 Å². The molecule has 7 heteroatoms. The summed E-state index contributed by atoms with van der Waals surface area (Å²) in [5.74, 6) is -0.0699. The van der Waals surface area contributed by atoms with Crippen LogP contribution in [0.2, 0.25) is 0 Å². The number of benzene rings is 2. The first kappa shape index (κ1) is 23.0. The van der Waals surface area contributed by atoms with E-state index in [1.807, 2.05) is 60.7 Å². The molecule has 2 aromatic rings. The fraction of sp³-hybridized carbons (Fsp3) is 0.409. The number of carbonyl (C=O) groups is 1. The van der Waals surface area contributed by atoms with Crippen LogP contribution in [0.1, 0.15) is 11.1 Å². The third-order valence-electron chi connectivity index (χ3n) is 4.03. The highest BCUT2D eigenvalue weighted by Crippen LogP contribution is 2.02. The van der Waals surface area contributed by atoms with E-state index in [1.165, 1.54) is 0 Å². The third kappa shape index (κ3) is 10.2. The number of amides is 1. The zero-order valence-electron chi connectivity index (χ0n) is 16.5. The Kier molecular flexibility index (Phi) is 11.0. The first-order valence-electron chi connectivity index (χ1n) is 9.64. The Morgan fingerprint density at radius 1 is 1.03 bits per heavy atom. The molecule has 7 nitrogen and oxygen atoms in total. The van der Waals surface area contributed by atoms with Crippen molar-refractivity contribution in [2.45, 2.75) is 25.3 Å². The topological polar surface area (TPSA) is 103 Å². The molecule has 0 radical (unpaired) electrons. The van der Waals surface area contributed by atoms with E-state index in [-0.39, 0.29) is 31.2 Å². The summed E-state index contributed by atoms with van der Waals surface area (Å²) >= 11 is 0. The number of morpholine rings is 1. The highest BCUT2D eigenvalue weighted by atomic mass is 16.5. The second kappa shape index (κ2) is 13.8. The second-order valence-corrected chi connectivity index (χ2v) is 6.72. The van der Waals surface area contributed by atoms with Crippen LogP contribution < -0.4 is 11.1 Å². The van der Waals surface area contributed by atoms with Crippen molar-refractivity contribution in [3.8, 4) is 0 Å². The lowest BCUT2D eigenvalue weighted by Gasteiger charge is -2.23. The van der Waals surface area contributed by atoms with Gasteiger partial charge in [-0.25, -0.2) is 0 Å². The zero-order valence-corrected chi connectivity index (χ0v) is 16.5. The summed E-state index contributed by atoms with van der Waals surface area (Å²) in [5.41, 5.74) is 7.71. The molecule has 4 N–H and O–H groups in total. The maximum absolute atomic E-state index is 11.0. The molecule has 1 amide bonds. The summed E-state index contributed by atoms with van der Waals surface area (Å²) in [5, 5.41) is 11.4. The first-order valence-corrected chi connectivity index (χ1v) is 9.64. The maximum Gasteiger partial charge on any atom is 0.246 e. The fourth-order valence-electron chi connectivity index (χ4n) is 2.54. The molecule has 0 saturated carbocycles. The van der Waals surface area contributed by atoms with Gasteiger partial charge >= 0.3 is 0 Å². The van der Waals surface area contributed by atoms with Crippen LogP contribution in [0.4, 0.5) is 0 Å². The van der Waals surface area contributed by atoms with Gasteiger partial charge in [0.05, 0.1) is 51.7 Å². The van der Waals surface area contributed by atoms with Crippen molar-refractivity contribution in [2.24, 2.45) is 5.73 Å². The molecule has 0 spiro atoms. The molecule has 29 heavy (non-hydrogen) atoms. The predicted molar refractivity (Wildman–Crippen MR) is 110 cm³/mol. The molecule has 0 aliphatic carbocycles. The van der Waals surface area contributed by atoms with Gasteiger partial charge in [0.2, 0.25) is 5.91 Å². The van der Waals surface area contributed by atoms with Crippen LogP contribution in [0, 0.1) is 0 Å². The molecule has 0 bridgehead atoms. The van der Waals surface area contributed by atoms with Crippen molar-refractivity contribution in [3.05, 3.63) is 71.8 Å². The molecular formula is C22H30N2O5. The van der Waals surface area contributed by atoms with Gasteiger partial charge in [0.1, 0.15) is 6.61 Å². The van der Waals surface area contributed by atoms with Crippen LogP contribution >= 0.6 is 0 Å². The molecule has 1 heterocycles. The molecule has 1 aliphatic heterocycles. The number of nitrogens with two attached hydrogens (primary N) is 1. The van der Waals surface area contributed by atoms with Gasteiger partial charge in [-0.2, -0.15) is 0 Å². The van der Waals surface area contributed by atoms with Gasteiger partial charge in [-0.3, -0.25) is 4.79 Å². The molecular weight excluding hydrogens is 372 g/mol. The van der Waals surface area contributed by atoms with Crippen LogP contribution in [0.25, 0.3) is 0 Å². The average Bonchev–Trinajstić information content (AvgIpc) is 2.76. The molecule has 0 aromatic heterocycles. The summed E-state index contributed by atoms with van der Waals surface area (Å²) < 4.78 is 15.9. The Morgan fingerprint density at radius 2 is 1.62 bits per heavy atom. The Morgan fingerprint density at radius 3 is 2.17 bits per heavy atom. The van der Waals surface area contributed by atoms with Crippen LogP contribution in [0.15, 0.2) is 60.7 Å². The minimum atomic E-state index is -0.274. The Balaban J connectivity index is 0.000000212. The maximum atomic E-state index is 11.0. The smallest absolute Gasteiger partial charge is 0.246 e. The summed E-state index contributed by atoms with van der Waals surface area (Å²) in [6.07, 6.45) is 0. The molecule has 1 fully saturated rings. The molecule has 0 unspecified atom stereocenters. The van der Waals surface area contributed by atoms with Gasteiger partial charge in [0.25, 0.3) is 0 Å². The van der Waals surface area contributed by atoms with E-state index in [4.69, 9.17) is 25.1 Å². The number of hydrogen-bond acceptors (Lipinski definition) is 6. The molecule has 158 valence electrons. The van der Waals surface area contributed by atoms with Crippen LogP contribution in [-0.4, -0.2) is 56.1 Å². The van der Waals surface area contributed by atoms with E-state index in [2.05, 4.69) is 5.32 Å². The van der Waals surface area contributed by atoms with Gasteiger partial charge in [-0.1, -0.05) is 60.7 Å². The van der Waals surface area contributed by atoms with Gasteiger partial charge in [-0.15, -0.1) is 0 Å². The highest BCUT2D eigenvalue weighted by Gasteiger charge is 2.18.